The molecule has 0 aliphatic rings. The van der Waals surface area contributed by atoms with E-state index in [4.69, 9.17) is 0 Å². The zero-order valence-corrected chi connectivity index (χ0v) is 23.4. The van der Waals surface area contributed by atoms with Gasteiger partial charge in [0.2, 0.25) is 6.17 Å². The van der Waals surface area contributed by atoms with E-state index in [-0.39, 0.29) is 0 Å². The van der Waals surface area contributed by atoms with Crippen molar-refractivity contribution in [3.63, 3.8) is 0 Å². The molecule has 4 nitrogen and oxygen atoms in total. The summed E-state index contributed by atoms with van der Waals surface area (Å²) in [6, 6.07) is 0. The van der Waals surface area contributed by atoms with E-state index in [1.54, 1.807) is 0 Å². The molecular formula is C20H26F19NO3S. The van der Waals surface area contributed by atoms with Gasteiger partial charge in [-0.25, -0.2) is 39.2 Å². The van der Waals surface area contributed by atoms with Crippen molar-refractivity contribution in [2.24, 2.45) is 0 Å². The normalized spacial score (nSPS) is 18.3. The van der Waals surface area contributed by atoms with E-state index in [0.717, 1.165) is 0 Å². The minimum absolute atomic E-state index is 1.28. The monoisotopic (exact) mass is 721 g/mol. The molecule has 0 aromatic rings. The number of nitrogens with zero attached hydrogens (tertiary/aromatic N) is 1. The Morgan fingerprint density at radius 1 is 0.523 bits per heavy atom. The highest BCUT2D eigenvalue weighted by Gasteiger charge is 2.92. The van der Waals surface area contributed by atoms with E-state index in [1.165, 1.54) is 30.7 Å². The Balaban J connectivity index is 0. The van der Waals surface area contributed by atoms with Crippen molar-refractivity contribution in [2.45, 2.75) is 99.8 Å². The highest BCUT2D eigenvalue weighted by molar-refractivity contribution is 7.86. The summed E-state index contributed by atoms with van der Waals surface area (Å²) < 4.78 is 280. The molecule has 44 heavy (non-hydrogen) atoms. The zero-order valence-electron chi connectivity index (χ0n) is 22.6. The Morgan fingerprint density at radius 2 is 0.818 bits per heavy atom. The Kier molecular flexibility index (Phi) is 14.8. The van der Waals surface area contributed by atoms with Gasteiger partial charge in [-0.1, -0.05) is 0 Å². The van der Waals surface area contributed by atoms with Gasteiger partial charge in [0, 0.05) is 0 Å². The highest BCUT2D eigenvalue weighted by atomic mass is 32.2. The van der Waals surface area contributed by atoms with Crippen LogP contribution in [-0.4, -0.2) is 116 Å². The highest BCUT2D eigenvalue weighted by Crippen LogP contribution is 2.62. The van der Waals surface area contributed by atoms with E-state index in [9.17, 15) is 96.4 Å². The summed E-state index contributed by atoms with van der Waals surface area (Å²) in [6.07, 6.45) is -25.6. The van der Waals surface area contributed by atoms with Crippen molar-refractivity contribution >= 4 is 10.1 Å². The maximum atomic E-state index is 13.5. The molecule has 0 aliphatic heterocycles. The summed E-state index contributed by atoms with van der Waals surface area (Å²) in [5.41, 5.74) is -6.10. The molecule has 0 aromatic heterocycles. The second-order valence-electron chi connectivity index (χ2n) is 9.03. The van der Waals surface area contributed by atoms with Gasteiger partial charge >= 0.3 is 35.5 Å². The number of alkyl halides is 19. The van der Waals surface area contributed by atoms with Crippen LogP contribution in [0.5, 0.6) is 0 Å². The van der Waals surface area contributed by atoms with Gasteiger partial charge < -0.3 is 9.04 Å². The smallest absolute Gasteiger partial charge is 0.384 e. The lowest BCUT2D eigenvalue weighted by Crippen LogP contribution is -2.73. The number of rotatable bonds is 16. The maximum absolute atomic E-state index is 13.5. The quantitative estimate of drug-likeness (QED) is 0.0969. The van der Waals surface area contributed by atoms with Crippen LogP contribution in [0, 0.1) is 0 Å². The van der Waals surface area contributed by atoms with Crippen molar-refractivity contribution in [3.05, 3.63) is 0 Å². The van der Waals surface area contributed by atoms with Crippen LogP contribution < -0.4 is 0 Å². The topological polar surface area (TPSA) is 57.2 Å². The third-order valence-electron chi connectivity index (χ3n) is 6.72. The predicted octanol–water partition coefficient (Wildman–Crippen LogP) is 7.14. The van der Waals surface area contributed by atoms with Crippen molar-refractivity contribution in [3.8, 4) is 0 Å². The van der Waals surface area contributed by atoms with Crippen molar-refractivity contribution < 1.29 is 101 Å². The van der Waals surface area contributed by atoms with Crippen LogP contribution in [0.2, 0.25) is 0 Å². The van der Waals surface area contributed by atoms with E-state index in [0.29, 0.717) is 0 Å². The second kappa shape index (κ2) is 14.5. The molecule has 0 heterocycles. The fourth-order valence-electron chi connectivity index (χ4n) is 3.33. The first-order valence-electron chi connectivity index (χ1n) is 11.8. The number of halogens is 19. The zero-order chi connectivity index (χ0) is 36.3. The average molecular weight is 721 g/mol. The van der Waals surface area contributed by atoms with Crippen LogP contribution in [0.25, 0.3) is 0 Å². The SMILES string of the molecule is CC[N+](CC)(CC)CC.O=S(=O)([O-])C(F)C(F)(F)C(F)(F)C(F)(F)C(F)(F)C(F)(F)C(F)(F)C(F)C(F)C(F)C(F)C(F)F. The van der Waals surface area contributed by atoms with Gasteiger partial charge in [0.1, 0.15) is 10.1 Å². The fraction of sp³-hybridized carbons (Fsp3) is 1.00. The maximum Gasteiger partial charge on any atom is 0.384 e. The first-order chi connectivity index (χ1) is 19.2. The molecule has 0 radical (unpaired) electrons. The van der Waals surface area contributed by atoms with Crippen molar-refractivity contribution in [1.29, 1.82) is 0 Å². The fourth-order valence-corrected chi connectivity index (χ4v) is 3.84. The summed E-state index contributed by atoms with van der Waals surface area (Å²) in [5, 5.41) is 0. The van der Waals surface area contributed by atoms with Gasteiger partial charge in [-0.2, -0.15) is 52.7 Å². The van der Waals surface area contributed by atoms with E-state index in [1.807, 2.05) is 0 Å². The molecular weight excluding hydrogens is 695 g/mol. The molecule has 0 amide bonds. The molecule has 0 aromatic carbocycles. The van der Waals surface area contributed by atoms with Crippen molar-refractivity contribution in [1.82, 2.24) is 0 Å². The van der Waals surface area contributed by atoms with E-state index < -0.39 is 82.3 Å². The summed E-state index contributed by atoms with van der Waals surface area (Å²) in [7, 11) is -7.47. The molecule has 0 N–H and O–H groups in total. The van der Waals surface area contributed by atoms with Crippen molar-refractivity contribution in [2.75, 3.05) is 26.2 Å². The third kappa shape index (κ3) is 7.91. The Morgan fingerprint density at radius 3 is 1.05 bits per heavy atom. The van der Waals surface area contributed by atoms with E-state index >= 15 is 0 Å². The molecule has 0 spiro atoms. The largest absolute Gasteiger partial charge is 0.746 e. The molecule has 0 fully saturated rings. The number of quaternary nitrogens is 1. The summed E-state index contributed by atoms with van der Waals surface area (Å²) >= 11 is 0. The van der Waals surface area contributed by atoms with Gasteiger partial charge in [0.05, 0.1) is 26.2 Å². The summed E-state index contributed by atoms with van der Waals surface area (Å²) in [4.78, 5) is 0. The van der Waals surface area contributed by atoms with Crippen LogP contribution in [0.3, 0.4) is 0 Å². The van der Waals surface area contributed by atoms with Crippen LogP contribution in [0.4, 0.5) is 83.4 Å². The number of hydrogen-bond acceptors (Lipinski definition) is 3. The first kappa shape index (κ1) is 44.7. The summed E-state index contributed by atoms with van der Waals surface area (Å²) in [5.74, 6) is -50.4. The average Bonchev–Trinajstić information content (AvgIpc) is 2.91. The lowest BCUT2D eigenvalue weighted by molar-refractivity contribution is -0.921. The minimum atomic E-state index is -8.77. The lowest BCUT2D eigenvalue weighted by Gasteiger charge is -2.42. The van der Waals surface area contributed by atoms with Gasteiger partial charge in [-0.05, 0) is 27.7 Å². The molecule has 0 aliphatic carbocycles. The standard InChI is InChI=1S/C12H7F19O3S.C8H20N/c13-1(3(15)5(17)18)2(14)4(16)7(20,21)9(24,25)11(28,29)12(30,31)10(26,27)8(22,23)6(19)35(32,33)34;1-5-9(6-2,7-3)8-4/h1-6H,(H,32,33,34);5-8H2,1-4H3/q;+1/p-1. The summed E-state index contributed by atoms with van der Waals surface area (Å²) in [6.45, 7) is 14.2. The van der Waals surface area contributed by atoms with Crippen LogP contribution in [-0.2, 0) is 10.1 Å². The molecule has 24 heteroatoms. The van der Waals surface area contributed by atoms with Gasteiger partial charge in [0.15, 0.2) is 18.5 Å². The third-order valence-corrected chi connectivity index (χ3v) is 7.52. The predicted molar refractivity (Wildman–Crippen MR) is 112 cm³/mol. The minimum Gasteiger partial charge on any atom is -0.746 e. The Hall–Kier alpha value is -1.46. The molecule has 0 saturated heterocycles. The molecule has 0 rings (SSSR count). The molecule has 5 unspecified atom stereocenters. The molecule has 0 saturated carbocycles. The van der Waals surface area contributed by atoms with Gasteiger partial charge in [-0.15, -0.1) is 0 Å². The first-order valence-corrected chi connectivity index (χ1v) is 13.3. The molecule has 268 valence electrons. The molecule has 0 bridgehead atoms. The second-order valence-corrected chi connectivity index (χ2v) is 10.4. The van der Waals surface area contributed by atoms with Gasteiger partial charge in [-0.3, -0.25) is 0 Å². The Bertz CT molecular complexity index is 989. The molecule has 5 atom stereocenters. The van der Waals surface area contributed by atoms with Crippen LogP contribution >= 0.6 is 0 Å². The van der Waals surface area contributed by atoms with Gasteiger partial charge in [0.25, 0.3) is 11.9 Å². The Labute approximate surface area is 237 Å². The lowest BCUT2D eigenvalue weighted by atomic mass is 9.88. The number of hydrogen-bond donors (Lipinski definition) is 0. The van der Waals surface area contributed by atoms with E-state index in [2.05, 4.69) is 27.7 Å². The van der Waals surface area contributed by atoms with Crippen LogP contribution in [0.15, 0.2) is 0 Å². The van der Waals surface area contributed by atoms with Crippen LogP contribution in [0.1, 0.15) is 27.7 Å².